The molecule has 0 aromatic rings. The third-order valence-corrected chi connectivity index (χ3v) is 5.83. The van der Waals surface area contributed by atoms with E-state index in [4.69, 9.17) is 14.2 Å². The van der Waals surface area contributed by atoms with Gasteiger partial charge in [-0.1, -0.05) is 84.0 Å². The Labute approximate surface area is 205 Å². The number of aliphatic hydroxyl groups is 4. The van der Waals surface area contributed by atoms with E-state index in [2.05, 4.69) is 6.92 Å². The van der Waals surface area contributed by atoms with Gasteiger partial charge in [-0.25, -0.2) is 4.79 Å². The van der Waals surface area contributed by atoms with E-state index in [1.807, 2.05) is 0 Å². The van der Waals surface area contributed by atoms with Crippen molar-refractivity contribution in [1.29, 1.82) is 0 Å². The van der Waals surface area contributed by atoms with E-state index < -0.39 is 36.5 Å². The van der Waals surface area contributed by atoms with Crippen LogP contribution in [0.5, 0.6) is 0 Å². The molecule has 1 aliphatic rings. The smallest absolute Gasteiger partial charge is 0.378 e. The number of carbonyl (C=O) groups excluding carboxylic acids is 1. The molecule has 0 fully saturated rings. The average molecular weight is 489 g/mol. The van der Waals surface area contributed by atoms with E-state index >= 15 is 0 Å². The number of hydrogen-bond acceptors (Lipinski definition) is 8. The quantitative estimate of drug-likeness (QED) is 0.142. The van der Waals surface area contributed by atoms with Crippen molar-refractivity contribution in [3.63, 3.8) is 0 Å². The molecule has 0 bridgehead atoms. The second-order valence-corrected chi connectivity index (χ2v) is 10.0. The SMILES string of the molecule is CCCCCCCCCCCCCCC(O)COC1=C(OCC(C)(C)O)C(=O)O[C@@H]1[C@@H](O)CO. The lowest BCUT2D eigenvalue weighted by molar-refractivity contribution is -0.149. The molecule has 1 heterocycles. The maximum Gasteiger partial charge on any atom is 0.378 e. The normalized spacial score (nSPS) is 18.2. The molecule has 0 aromatic carbocycles. The summed E-state index contributed by atoms with van der Waals surface area (Å²) in [7, 11) is 0. The van der Waals surface area contributed by atoms with E-state index in [9.17, 15) is 25.2 Å². The Morgan fingerprint density at radius 1 is 0.912 bits per heavy atom. The van der Waals surface area contributed by atoms with Crippen molar-refractivity contribution < 1.29 is 39.4 Å². The molecule has 0 amide bonds. The van der Waals surface area contributed by atoms with Gasteiger partial charge in [0, 0.05) is 0 Å². The zero-order valence-electron chi connectivity index (χ0n) is 21.5. The standard InChI is InChI=1S/C26H48O8/c1-4-5-6-7-8-9-10-11-12-13-14-15-16-20(28)18-32-23-22(21(29)17-27)34-25(30)24(23)33-19-26(2,3)31/h20-22,27-29,31H,4-19H2,1-3H3/t20?,21-,22+/m0/s1. The fourth-order valence-corrected chi connectivity index (χ4v) is 3.82. The number of esters is 1. The van der Waals surface area contributed by atoms with Crippen LogP contribution in [0.2, 0.25) is 0 Å². The molecular formula is C26H48O8. The first-order valence-corrected chi connectivity index (χ1v) is 13.1. The first-order chi connectivity index (χ1) is 16.2. The molecule has 0 saturated carbocycles. The molecule has 0 radical (unpaired) electrons. The molecule has 0 spiro atoms. The van der Waals surface area contributed by atoms with Gasteiger partial charge in [-0.3, -0.25) is 0 Å². The fraction of sp³-hybridized carbons (Fsp3) is 0.885. The first kappa shape index (κ1) is 30.7. The highest BCUT2D eigenvalue weighted by atomic mass is 16.6. The number of aliphatic hydroxyl groups excluding tert-OH is 3. The molecule has 0 aliphatic carbocycles. The number of rotatable bonds is 21. The van der Waals surface area contributed by atoms with Gasteiger partial charge in [-0.05, 0) is 20.3 Å². The van der Waals surface area contributed by atoms with Crippen LogP contribution in [0.15, 0.2) is 11.5 Å². The minimum absolute atomic E-state index is 0.0652. The molecule has 8 nitrogen and oxygen atoms in total. The fourth-order valence-electron chi connectivity index (χ4n) is 3.82. The van der Waals surface area contributed by atoms with E-state index in [0.29, 0.717) is 6.42 Å². The van der Waals surface area contributed by atoms with Crippen LogP contribution in [0.4, 0.5) is 0 Å². The molecule has 1 rings (SSSR count). The number of cyclic esters (lactones) is 1. The van der Waals surface area contributed by atoms with E-state index in [1.54, 1.807) is 0 Å². The van der Waals surface area contributed by atoms with Gasteiger partial charge in [0.25, 0.3) is 0 Å². The number of carbonyl (C=O) groups is 1. The van der Waals surface area contributed by atoms with Gasteiger partial charge >= 0.3 is 5.97 Å². The van der Waals surface area contributed by atoms with Crippen LogP contribution >= 0.6 is 0 Å². The maximum absolute atomic E-state index is 12.2. The van der Waals surface area contributed by atoms with Gasteiger partial charge in [0.1, 0.15) is 19.3 Å². The molecule has 1 aliphatic heterocycles. The van der Waals surface area contributed by atoms with Gasteiger partial charge in [0.05, 0.1) is 18.3 Å². The van der Waals surface area contributed by atoms with Crippen molar-refractivity contribution in [3.8, 4) is 0 Å². The third kappa shape index (κ3) is 12.9. The van der Waals surface area contributed by atoms with E-state index in [-0.39, 0.29) is 24.7 Å². The van der Waals surface area contributed by atoms with E-state index in [1.165, 1.54) is 71.6 Å². The van der Waals surface area contributed by atoms with E-state index in [0.717, 1.165) is 19.3 Å². The summed E-state index contributed by atoms with van der Waals surface area (Å²) in [5.74, 6) is -1.16. The summed E-state index contributed by atoms with van der Waals surface area (Å²) in [4.78, 5) is 12.2. The van der Waals surface area contributed by atoms with Crippen molar-refractivity contribution in [1.82, 2.24) is 0 Å². The third-order valence-electron chi connectivity index (χ3n) is 5.83. The Kier molecular flexibility index (Phi) is 15.5. The van der Waals surface area contributed by atoms with Crippen molar-refractivity contribution in [3.05, 3.63) is 11.5 Å². The number of hydrogen-bond donors (Lipinski definition) is 4. The highest BCUT2D eigenvalue weighted by molar-refractivity contribution is 5.89. The van der Waals surface area contributed by atoms with Crippen LogP contribution in [0, 0.1) is 0 Å². The summed E-state index contributed by atoms with van der Waals surface area (Å²) in [5, 5.41) is 39.4. The zero-order chi connectivity index (χ0) is 25.4. The predicted molar refractivity (Wildman–Crippen MR) is 130 cm³/mol. The molecule has 0 aromatic heterocycles. The summed E-state index contributed by atoms with van der Waals surface area (Å²) in [5.41, 5.74) is -1.19. The Bertz CT molecular complexity index is 584. The molecule has 4 N–H and O–H groups in total. The molecule has 3 atom stereocenters. The summed E-state index contributed by atoms with van der Waals surface area (Å²) in [6.45, 7) is 4.37. The highest BCUT2D eigenvalue weighted by Crippen LogP contribution is 2.28. The Morgan fingerprint density at radius 2 is 1.44 bits per heavy atom. The molecule has 8 heteroatoms. The van der Waals surface area contributed by atoms with Gasteiger partial charge in [0.15, 0.2) is 11.9 Å². The van der Waals surface area contributed by atoms with Crippen LogP contribution in [0.1, 0.15) is 104 Å². The van der Waals surface area contributed by atoms with Gasteiger partial charge in [-0.2, -0.15) is 0 Å². The van der Waals surface area contributed by atoms with Crippen molar-refractivity contribution in [2.45, 2.75) is 128 Å². The van der Waals surface area contributed by atoms with Crippen LogP contribution in [-0.2, 0) is 19.0 Å². The Morgan fingerprint density at radius 3 is 1.94 bits per heavy atom. The first-order valence-electron chi connectivity index (χ1n) is 13.1. The number of unbranched alkanes of at least 4 members (excludes halogenated alkanes) is 11. The van der Waals surface area contributed by atoms with Gasteiger partial charge in [-0.15, -0.1) is 0 Å². The lowest BCUT2D eigenvalue weighted by Crippen LogP contribution is -2.33. The summed E-state index contributed by atoms with van der Waals surface area (Å²) < 4.78 is 16.1. The summed E-state index contributed by atoms with van der Waals surface area (Å²) in [6, 6.07) is 0. The Hall–Kier alpha value is -1.35. The summed E-state index contributed by atoms with van der Waals surface area (Å²) >= 11 is 0. The van der Waals surface area contributed by atoms with Crippen molar-refractivity contribution in [2.24, 2.45) is 0 Å². The van der Waals surface area contributed by atoms with Gasteiger partial charge < -0.3 is 34.6 Å². The van der Waals surface area contributed by atoms with Crippen LogP contribution in [-0.4, -0.2) is 70.1 Å². The second kappa shape index (κ2) is 17.1. The zero-order valence-corrected chi connectivity index (χ0v) is 21.5. The molecule has 34 heavy (non-hydrogen) atoms. The highest BCUT2D eigenvalue weighted by Gasteiger charge is 2.42. The number of ether oxygens (including phenoxy) is 3. The molecule has 1 unspecified atom stereocenters. The van der Waals surface area contributed by atoms with Crippen molar-refractivity contribution in [2.75, 3.05) is 19.8 Å². The minimum atomic E-state index is -1.38. The van der Waals surface area contributed by atoms with Crippen LogP contribution in [0.3, 0.4) is 0 Å². The predicted octanol–water partition coefficient (Wildman–Crippen LogP) is 3.73. The maximum atomic E-state index is 12.2. The minimum Gasteiger partial charge on any atom is -0.487 e. The average Bonchev–Trinajstić information content (AvgIpc) is 3.11. The lowest BCUT2D eigenvalue weighted by atomic mass is 10.0. The van der Waals surface area contributed by atoms with Crippen molar-refractivity contribution >= 4 is 5.97 Å². The molecule has 0 saturated heterocycles. The van der Waals surface area contributed by atoms with Gasteiger partial charge in [0.2, 0.25) is 5.76 Å². The monoisotopic (exact) mass is 488 g/mol. The second-order valence-electron chi connectivity index (χ2n) is 10.0. The summed E-state index contributed by atoms with van der Waals surface area (Å²) in [6.07, 6.45) is 12.1. The Balaban J connectivity index is 2.31. The molecule has 200 valence electrons. The van der Waals surface area contributed by atoms with Crippen LogP contribution in [0.25, 0.3) is 0 Å². The van der Waals surface area contributed by atoms with Crippen LogP contribution < -0.4 is 0 Å². The molecular weight excluding hydrogens is 440 g/mol. The topological polar surface area (TPSA) is 126 Å². The largest absolute Gasteiger partial charge is 0.487 e. The lowest BCUT2D eigenvalue weighted by Gasteiger charge is -2.21.